The number of halogens is 1. The lowest BCUT2D eigenvalue weighted by molar-refractivity contribution is 0.277. The third-order valence-corrected chi connectivity index (χ3v) is 4.20. The Hall–Kier alpha value is 0.730. The maximum Gasteiger partial charge on any atom is 0.0115 e. The second-order valence-corrected chi connectivity index (χ2v) is 5.63. The second kappa shape index (κ2) is 3.00. The third-order valence-electron chi connectivity index (χ3n) is 3.18. The van der Waals surface area contributed by atoms with Gasteiger partial charge in [0.2, 0.25) is 0 Å². The zero-order valence-corrected chi connectivity index (χ0v) is 8.51. The van der Waals surface area contributed by atoms with Crippen LogP contribution in [0.4, 0.5) is 0 Å². The van der Waals surface area contributed by atoms with Gasteiger partial charge in [0, 0.05) is 3.92 Å². The minimum Gasteiger partial charge on any atom is -0.0826 e. The van der Waals surface area contributed by atoms with Crippen LogP contribution in [-0.4, -0.2) is 3.92 Å². The van der Waals surface area contributed by atoms with E-state index in [1.54, 1.807) is 12.8 Å². The predicted molar refractivity (Wildman–Crippen MR) is 52.5 cm³/mol. The Kier molecular flexibility index (Phi) is 2.21. The molecule has 1 heteroatoms. The van der Waals surface area contributed by atoms with Crippen LogP contribution in [0.2, 0.25) is 0 Å². The molecule has 2 fully saturated rings. The van der Waals surface area contributed by atoms with Crippen molar-refractivity contribution < 1.29 is 0 Å². The van der Waals surface area contributed by atoms with Gasteiger partial charge in [-0.15, -0.1) is 0 Å². The zero-order chi connectivity index (χ0) is 6.97. The van der Waals surface area contributed by atoms with Gasteiger partial charge in [0.25, 0.3) is 0 Å². The highest BCUT2D eigenvalue weighted by Crippen LogP contribution is 2.44. The van der Waals surface area contributed by atoms with E-state index >= 15 is 0 Å². The van der Waals surface area contributed by atoms with Gasteiger partial charge in [0.05, 0.1) is 0 Å². The maximum atomic E-state index is 2.64. The number of rotatable bonds is 0. The van der Waals surface area contributed by atoms with E-state index in [2.05, 4.69) is 22.6 Å². The van der Waals surface area contributed by atoms with E-state index in [0.29, 0.717) is 0 Å². The Balaban J connectivity index is 1.97. The van der Waals surface area contributed by atoms with E-state index in [1.807, 2.05) is 0 Å². The van der Waals surface area contributed by atoms with Crippen molar-refractivity contribution in [2.75, 3.05) is 0 Å². The first-order valence-electron chi connectivity index (χ1n) is 4.50. The highest BCUT2D eigenvalue weighted by Gasteiger charge is 2.33. The summed E-state index contributed by atoms with van der Waals surface area (Å²) in [5, 5.41) is 0. The van der Waals surface area contributed by atoms with E-state index in [1.165, 1.54) is 25.7 Å². The van der Waals surface area contributed by atoms with Gasteiger partial charge < -0.3 is 0 Å². The summed E-state index contributed by atoms with van der Waals surface area (Å²) in [6.45, 7) is 0. The lowest BCUT2D eigenvalue weighted by atomic mass is 9.82. The van der Waals surface area contributed by atoms with Crippen LogP contribution < -0.4 is 0 Å². The maximum absolute atomic E-state index is 2.64. The number of hydrogen-bond acceptors (Lipinski definition) is 0. The van der Waals surface area contributed by atoms with Gasteiger partial charge in [-0.2, -0.15) is 0 Å². The molecule has 0 radical (unpaired) electrons. The van der Waals surface area contributed by atoms with Crippen molar-refractivity contribution in [3.05, 3.63) is 0 Å². The highest BCUT2D eigenvalue weighted by molar-refractivity contribution is 14.1. The van der Waals surface area contributed by atoms with Crippen molar-refractivity contribution in [3.8, 4) is 0 Å². The lowest BCUT2D eigenvalue weighted by Gasteiger charge is -2.24. The fourth-order valence-electron chi connectivity index (χ4n) is 2.66. The van der Waals surface area contributed by atoms with Crippen LogP contribution in [0.1, 0.15) is 38.5 Å². The molecule has 2 aliphatic carbocycles. The van der Waals surface area contributed by atoms with Crippen LogP contribution in [-0.2, 0) is 0 Å². The van der Waals surface area contributed by atoms with Crippen LogP contribution in [0, 0.1) is 11.8 Å². The molecular weight excluding hydrogens is 235 g/mol. The Morgan fingerprint density at radius 3 is 1.90 bits per heavy atom. The molecule has 0 N–H and O–H groups in total. The first-order valence-corrected chi connectivity index (χ1v) is 5.75. The highest BCUT2D eigenvalue weighted by atomic mass is 127. The summed E-state index contributed by atoms with van der Waals surface area (Å²) < 4.78 is 1.02. The van der Waals surface area contributed by atoms with Gasteiger partial charge in [-0.25, -0.2) is 0 Å². The topological polar surface area (TPSA) is 0 Å². The van der Waals surface area contributed by atoms with E-state index in [0.717, 1.165) is 15.8 Å². The van der Waals surface area contributed by atoms with Crippen LogP contribution in [0.3, 0.4) is 0 Å². The van der Waals surface area contributed by atoms with E-state index in [4.69, 9.17) is 0 Å². The Morgan fingerprint density at radius 2 is 1.40 bits per heavy atom. The number of fused-ring (bicyclic) bond motifs is 1. The van der Waals surface area contributed by atoms with Gasteiger partial charge in [-0.1, -0.05) is 48.3 Å². The molecule has 0 saturated heterocycles. The van der Waals surface area contributed by atoms with Gasteiger partial charge in [-0.05, 0) is 24.7 Å². The second-order valence-electron chi connectivity index (χ2n) is 3.87. The molecule has 0 nitrogen and oxygen atoms in total. The summed E-state index contributed by atoms with van der Waals surface area (Å²) in [6, 6.07) is 0. The van der Waals surface area contributed by atoms with Crippen molar-refractivity contribution in [2.45, 2.75) is 42.4 Å². The molecule has 0 aliphatic heterocycles. The normalized spacial score (nSPS) is 47.1. The monoisotopic (exact) mass is 250 g/mol. The molecule has 1 unspecified atom stereocenters. The van der Waals surface area contributed by atoms with Gasteiger partial charge in [0.1, 0.15) is 0 Å². The molecule has 0 aromatic carbocycles. The van der Waals surface area contributed by atoms with Crippen LogP contribution >= 0.6 is 22.6 Å². The summed E-state index contributed by atoms with van der Waals surface area (Å²) in [4.78, 5) is 0. The van der Waals surface area contributed by atoms with Crippen LogP contribution in [0.15, 0.2) is 0 Å². The molecule has 58 valence electrons. The smallest absolute Gasteiger partial charge is 0.0115 e. The number of alkyl halides is 1. The van der Waals surface area contributed by atoms with Crippen molar-refractivity contribution in [2.24, 2.45) is 11.8 Å². The van der Waals surface area contributed by atoms with Crippen molar-refractivity contribution in [3.63, 3.8) is 0 Å². The first-order chi connectivity index (χ1) is 4.86. The molecule has 0 aromatic rings. The average molecular weight is 250 g/mol. The third kappa shape index (κ3) is 1.34. The molecule has 0 amide bonds. The van der Waals surface area contributed by atoms with E-state index in [-0.39, 0.29) is 0 Å². The molecule has 2 rings (SSSR count). The zero-order valence-electron chi connectivity index (χ0n) is 6.35. The molecule has 10 heavy (non-hydrogen) atoms. The summed E-state index contributed by atoms with van der Waals surface area (Å²) in [5.74, 6) is 2.27. The standard InChI is InChI=1S/C9H15I/c10-9-5-7-3-1-2-4-8(7)6-9/h7-9H,1-6H2/t7-,8+,9?. The lowest BCUT2D eigenvalue weighted by Crippen LogP contribution is -2.12. The fraction of sp³-hybridized carbons (Fsp3) is 1.00. The quantitative estimate of drug-likeness (QED) is 0.456. The Morgan fingerprint density at radius 1 is 0.900 bits per heavy atom. The number of hydrogen-bond donors (Lipinski definition) is 0. The summed E-state index contributed by atoms with van der Waals surface area (Å²) in [5.41, 5.74) is 0. The van der Waals surface area contributed by atoms with Gasteiger partial charge in [-0.3, -0.25) is 0 Å². The molecular formula is C9H15I. The SMILES string of the molecule is IC1C[C@H]2CCCC[C@H]2C1. The Labute approximate surface area is 76.9 Å². The largest absolute Gasteiger partial charge is 0.0826 e. The molecule has 0 heterocycles. The van der Waals surface area contributed by atoms with Crippen LogP contribution in [0.25, 0.3) is 0 Å². The van der Waals surface area contributed by atoms with Crippen molar-refractivity contribution >= 4 is 22.6 Å². The predicted octanol–water partition coefficient (Wildman–Crippen LogP) is 3.39. The minimum absolute atomic E-state index is 1.02. The van der Waals surface area contributed by atoms with Gasteiger partial charge >= 0.3 is 0 Å². The first kappa shape index (κ1) is 7.38. The molecule has 0 spiro atoms. The van der Waals surface area contributed by atoms with E-state index < -0.39 is 0 Å². The Bertz CT molecular complexity index is 108. The minimum atomic E-state index is 1.02. The van der Waals surface area contributed by atoms with E-state index in [9.17, 15) is 0 Å². The molecule has 2 saturated carbocycles. The van der Waals surface area contributed by atoms with Gasteiger partial charge in [0.15, 0.2) is 0 Å². The van der Waals surface area contributed by atoms with Crippen molar-refractivity contribution in [1.82, 2.24) is 0 Å². The average Bonchev–Trinajstić information content (AvgIpc) is 2.27. The molecule has 2 aliphatic rings. The summed E-state index contributed by atoms with van der Waals surface area (Å²) in [7, 11) is 0. The fourth-order valence-corrected chi connectivity index (χ4v) is 3.96. The summed E-state index contributed by atoms with van der Waals surface area (Å²) in [6.07, 6.45) is 9.19. The van der Waals surface area contributed by atoms with Crippen LogP contribution in [0.5, 0.6) is 0 Å². The molecule has 0 bridgehead atoms. The molecule has 3 atom stereocenters. The molecule has 0 aromatic heterocycles. The summed E-state index contributed by atoms with van der Waals surface area (Å²) >= 11 is 2.64. The van der Waals surface area contributed by atoms with Crippen molar-refractivity contribution in [1.29, 1.82) is 0 Å².